The standard InChI is InChI=1S/C20H26O4/c1-6-7-8-9-16-15(3)20(24,19(4,5)13-17(16)21)11-10-14(2)12-18(22)23/h10-12,24H,6,9,13H2,1-5H3,(H,22,23)/b11-10+,14-12-/t20-/m0/s1. The van der Waals surface area contributed by atoms with Crippen LogP contribution in [0.5, 0.6) is 0 Å². The van der Waals surface area contributed by atoms with Gasteiger partial charge in [-0.05, 0) is 31.1 Å². The molecule has 1 atom stereocenters. The van der Waals surface area contributed by atoms with Crippen molar-refractivity contribution in [3.8, 4) is 11.8 Å². The van der Waals surface area contributed by atoms with Gasteiger partial charge >= 0.3 is 5.97 Å². The average Bonchev–Trinajstić information content (AvgIpc) is 2.46. The predicted molar refractivity (Wildman–Crippen MR) is 94.3 cm³/mol. The lowest BCUT2D eigenvalue weighted by atomic mass is 9.62. The first-order valence-corrected chi connectivity index (χ1v) is 8.07. The van der Waals surface area contributed by atoms with Gasteiger partial charge in [0.05, 0.1) is 0 Å². The van der Waals surface area contributed by atoms with Crippen molar-refractivity contribution in [2.75, 3.05) is 0 Å². The molecule has 130 valence electrons. The number of aliphatic carboxylic acids is 1. The summed E-state index contributed by atoms with van der Waals surface area (Å²) in [6.45, 7) is 9.02. The Morgan fingerprint density at radius 3 is 2.50 bits per heavy atom. The van der Waals surface area contributed by atoms with Crippen LogP contribution in [-0.4, -0.2) is 27.6 Å². The second-order valence-electron chi connectivity index (χ2n) is 6.80. The molecule has 4 nitrogen and oxygen atoms in total. The van der Waals surface area contributed by atoms with Gasteiger partial charge in [0.25, 0.3) is 0 Å². The van der Waals surface area contributed by atoms with Crippen molar-refractivity contribution >= 4 is 11.8 Å². The van der Waals surface area contributed by atoms with E-state index in [2.05, 4.69) is 11.8 Å². The first-order chi connectivity index (χ1) is 11.0. The number of carboxylic acids is 1. The summed E-state index contributed by atoms with van der Waals surface area (Å²) in [6, 6.07) is 0. The molecule has 0 aliphatic heterocycles. The molecule has 0 saturated heterocycles. The molecule has 0 fully saturated rings. The van der Waals surface area contributed by atoms with Crippen molar-refractivity contribution in [1.29, 1.82) is 0 Å². The number of carbonyl (C=O) groups is 2. The maximum atomic E-state index is 12.4. The van der Waals surface area contributed by atoms with Crippen LogP contribution in [-0.2, 0) is 9.59 Å². The van der Waals surface area contributed by atoms with Crippen molar-refractivity contribution in [1.82, 2.24) is 0 Å². The van der Waals surface area contributed by atoms with Crippen LogP contribution in [0.25, 0.3) is 0 Å². The van der Waals surface area contributed by atoms with Gasteiger partial charge < -0.3 is 10.2 Å². The second kappa shape index (κ2) is 7.63. The van der Waals surface area contributed by atoms with Gasteiger partial charge in [0.15, 0.2) is 5.78 Å². The normalized spacial score (nSPS) is 24.1. The van der Waals surface area contributed by atoms with Crippen LogP contribution in [0, 0.1) is 17.3 Å². The predicted octanol–water partition coefficient (Wildman–Crippen LogP) is 3.42. The fourth-order valence-electron chi connectivity index (χ4n) is 2.94. The van der Waals surface area contributed by atoms with Crippen LogP contribution in [0.15, 0.2) is 34.9 Å². The van der Waals surface area contributed by atoms with Gasteiger partial charge in [-0.1, -0.05) is 32.8 Å². The molecule has 1 aliphatic rings. The van der Waals surface area contributed by atoms with Gasteiger partial charge in [0.2, 0.25) is 0 Å². The summed E-state index contributed by atoms with van der Waals surface area (Å²) in [5.41, 5.74) is -0.340. The number of ketones is 1. The maximum absolute atomic E-state index is 12.4. The summed E-state index contributed by atoms with van der Waals surface area (Å²) in [7, 11) is 0. The summed E-state index contributed by atoms with van der Waals surface area (Å²) in [5.74, 6) is 4.89. The third-order valence-corrected chi connectivity index (χ3v) is 4.50. The Balaban J connectivity index is 3.35. The van der Waals surface area contributed by atoms with E-state index in [1.807, 2.05) is 20.8 Å². The highest BCUT2D eigenvalue weighted by Gasteiger charge is 2.49. The lowest BCUT2D eigenvalue weighted by molar-refractivity contribution is -0.131. The number of allylic oxidation sites excluding steroid dienone is 3. The quantitative estimate of drug-likeness (QED) is 0.470. The summed E-state index contributed by atoms with van der Waals surface area (Å²) < 4.78 is 0. The molecule has 1 rings (SSSR count). The molecule has 0 aromatic heterocycles. The van der Waals surface area contributed by atoms with E-state index in [1.54, 1.807) is 26.0 Å². The van der Waals surface area contributed by atoms with Crippen molar-refractivity contribution < 1.29 is 19.8 Å². The molecule has 0 heterocycles. The van der Waals surface area contributed by atoms with E-state index in [0.717, 1.165) is 12.5 Å². The van der Waals surface area contributed by atoms with E-state index in [1.165, 1.54) is 0 Å². The molecule has 0 unspecified atom stereocenters. The zero-order chi connectivity index (χ0) is 18.5. The van der Waals surface area contributed by atoms with Crippen LogP contribution < -0.4 is 0 Å². The van der Waals surface area contributed by atoms with E-state index < -0.39 is 17.0 Å². The highest BCUT2D eigenvalue weighted by molar-refractivity contribution is 5.98. The minimum absolute atomic E-state index is 0.0128. The molecule has 0 aromatic rings. The molecule has 0 bridgehead atoms. The monoisotopic (exact) mass is 330 g/mol. The van der Waals surface area contributed by atoms with E-state index in [9.17, 15) is 14.7 Å². The van der Waals surface area contributed by atoms with Crippen LogP contribution >= 0.6 is 0 Å². The molecular weight excluding hydrogens is 304 g/mol. The molecule has 2 N–H and O–H groups in total. The van der Waals surface area contributed by atoms with E-state index >= 15 is 0 Å². The smallest absolute Gasteiger partial charge is 0.328 e. The van der Waals surface area contributed by atoms with E-state index in [0.29, 0.717) is 23.1 Å². The molecule has 1 aliphatic carbocycles. The maximum Gasteiger partial charge on any atom is 0.328 e. The third-order valence-electron chi connectivity index (χ3n) is 4.50. The number of carbonyl (C=O) groups excluding carboxylic acids is 1. The summed E-state index contributed by atoms with van der Waals surface area (Å²) in [4.78, 5) is 23.2. The molecule has 0 saturated carbocycles. The summed E-state index contributed by atoms with van der Waals surface area (Å²) in [6.07, 6.45) is 5.52. The fraction of sp³-hybridized carbons (Fsp3) is 0.500. The number of hydrogen-bond donors (Lipinski definition) is 2. The highest BCUT2D eigenvalue weighted by atomic mass is 16.4. The van der Waals surface area contributed by atoms with Gasteiger partial charge in [0.1, 0.15) is 5.60 Å². The molecular formula is C20H26O4. The first kappa shape index (κ1) is 19.9. The van der Waals surface area contributed by atoms with Gasteiger partial charge in [0, 0.05) is 36.3 Å². The van der Waals surface area contributed by atoms with E-state index in [-0.39, 0.29) is 12.2 Å². The first-order valence-electron chi connectivity index (χ1n) is 8.07. The average molecular weight is 330 g/mol. The molecule has 0 radical (unpaired) electrons. The van der Waals surface area contributed by atoms with Gasteiger partial charge in [-0.3, -0.25) is 4.79 Å². The Morgan fingerprint density at radius 1 is 1.33 bits per heavy atom. The Bertz CT molecular complexity index is 680. The van der Waals surface area contributed by atoms with E-state index in [4.69, 9.17) is 5.11 Å². The number of carboxylic acid groups (broad SMARTS) is 1. The summed E-state index contributed by atoms with van der Waals surface area (Å²) >= 11 is 0. The second-order valence-corrected chi connectivity index (χ2v) is 6.80. The zero-order valence-electron chi connectivity index (χ0n) is 15.1. The highest BCUT2D eigenvalue weighted by Crippen LogP contribution is 2.47. The Hall–Kier alpha value is -2.12. The van der Waals surface area contributed by atoms with Crippen molar-refractivity contribution in [2.45, 2.75) is 59.5 Å². The largest absolute Gasteiger partial charge is 0.478 e. The topological polar surface area (TPSA) is 74.6 Å². The lowest BCUT2D eigenvalue weighted by Crippen LogP contribution is -2.49. The van der Waals surface area contributed by atoms with Gasteiger partial charge in [-0.2, -0.15) is 0 Å². The molecule has 0 spiro atoms. The number of rotatable bonds is 4. The lowest BCUT2D eigenvalue weighted by Gasteiger charge is -2.45. The minimum atomic E-state index is -1.32. The fourth-order valence-corrected chi connectivity index (χ4v) is 2.94. The molecule has 4 heteroatoms. The van der Waals surface area contributed by atoms with Crippen molar-refractivity contribution in [3.63, 3.8) is 0 Å². The van der Waals surface area contributed by atoms with Crippen molar-refractivity contribution in [3.05, 3.63) is 34.9 Å². The molecule has 0 amide bonds. The Kier molecular flexibility index (Phi) is 6.34. The van der Waals surface area contributed by atoms with Crippen molar-refractivity contribution in [2.24, 2.45) is 5.41 Å². The van der Waals surface area contributed by atoms with Gasteiger partial charge in [-0.15, -0.1) is 5.92 Å². The Labute approximate surface area is 144 Å². The van der Waals surface area contributed by atoms with Crippen LogP contribution in [0.3, 0.4) is 0 Å². The number of Topliss-reactive ketones (excluding diaryl/α,β-unsaturated/α-hetero) is 1. The molecule has 0 aromatic carbocycles. The number of hydrogen-bond acceptors (Lipinski definition) is 3. The zero-order valence-corrected chi connectivity index (χ0v) is 15.1. The minimum Gasteiger partial charge on any atom is -0.478 e. The number of aliphatic hydroxyl groups is 1. The Morgan fingerprint density at radius 2 is 1.96 bits per heavy atom. The van der Waals surface area contributed by atoms with Crippen LogP contribution in [0.1, 0.15) is 53.9 Å². The van der Waals surface area contributed by atoms with Gasteiger partial charge in [-0.25, -0.2) is 4.79 Å². The third kappa shape index (κ3) is 4.24. The molecule has 24 heavy (non-hydrogen) atoms. The SMILES string of the molecule is CCC#CCC1=C(C)[C@@](O)(/C=C/C(C)=C\C(=O)O)C(C)(C)CC1=O. The van der Waals surface area contributed by atoms with Crippen LogP contribution in [0.4, 0.5) is 0 Å². The van der Waals surface area contributed by atoms with Crippen LogP contribution in [0.2, 0.25) is 0 Å². The summed E-state index contributed by atoms with van der Waals surface area (Å²) in [5, 5.41) is 20.1.